The number of nitriles is 1. The van der Waals surface area contributed by atoms with E-state index in [1.54, 1.807) is 0 Å². The third-order valence-corrected chi connectivity index (χ3v) is 2.98. The Labute approximate surface area is 119 Å². The fraction of sp³-hybridized carbons (Fsp3) is 0.235. The minimum absolute atomic E-state index is 0.270. The first-order valence-electron chi connectivity index (χ1n) is 6.74. The highest BCUT2D eigenvalue weighted by Gasteiger charge is 2.06. The molecular weight excluding hydrogens is 248 g/mol. The van der Waals surface area contributed by atoms with Crippen LogP contribution in [0, 0.1) is 11.3 Å². The van der Waals surface area contributed by atoms with Gasteiger partial charge in [0.25, 0.3) is 0 Å². The quantitative estimate of drug-likeness (QED) is 0.873. The summed E-state index contributed by atoms with van der Waals surface area (Å²) in [5.74, 6) is 0.780. The first kappa shape index (κ1) is 14.1. The SMILES string of the molecule is CCNC(C#N)COc1ccc(-c2ccccc2)cc1. The van der Waals surface area contributed by atoms with Crippen LogP contribution in [-0.2, 0) is 0 Å². The fourth-order valence-electron chi connectivity index (χ4n) is 1.94. The number of rotatable bonds is 6. The van der Waals surface area contributed by atoms with E-state index in [1.807, 2.05) is 49.4 Å². The van der Waals surface area contributed by atoms with Crippen LogP contribution in [0.5, 0.6) is 5.75 Å². The zero-order valence-electron chi connectivity index (χ0n) is 11.5. The molecule has 1 atom stereocenters. The Balaban J connectivity index is 1.97. The Morgan fingerprint density at radius 2 is 1.70 bits per heavy atom. The van der Waals surface area contributed by atoms with Crippen molar-refractivity contribution < 1.29 is 4.74 Å². The van der Waals surface area contributed by atoms with Gasteiger partial charge in [-0.15, -0.1) is 0 Å². The van der Waals surface area contributed by atoms with Crippen molar-refractivity contribution in [3.63, 3.8) is 0 Å². The summed E-state index contributed by atoms with van der Waals surface area (Å²) in [6.45, 7) is 3.09. The van der Waals surface area contributed by atoms with Crippen LogP contribution in [0.4, 0.5) is 0 Å². The van der Waals surface area contributed by atoms with Crippen molar-refractivity contribution in [2.24, 2.45) is 0 Å². The lowest BCUT2D eigenvalue weighted by Gasteiger charge is -2.12. The van der Waals surface area contributed by atoms with Gasteiger partial charge in [-0.1, -0.05) is 49.4 Å². The lowest BCUT2D eigenvalue weighted by Crippen LogP contribution is -2.32. The summed E-state index contributed by atoms with van der Waals surface area (Å²) in [4.78, 5) is 0. The van der Waals surface area contributed by atoms with Gasteiger partial charge >= 0.3 is 0 Å². The van der Waals surface area contributed by atoms with Crippen molar-refractivity contribution in [2.45, 2.75) is 13.0 Å². The zero-order chi connectivity index (χ0) is 14.2. The standard InChI is InChI=1S/C17H18N2O/c1-2-19-16(12-18)13-20-17-10-8-15(9-11-17)14-6-4-3-5-7-14/h3-11,16,19H,2,13H2,1H3. The molecule has 3 nitrogen and oxygen atoms in total. The van der Waals surface area contributed by atoms with Gasteiger partial charge in [-0.3, -0.25) is 5.32 Å². The summed E-state index contributed by atoms with van der Waals surface area (Å²) in [5, 5.41) is 12.0. The molecule has 2 aromatic rings. The van der Waals surface area contributed by atoms with Gasteiger partial charge in [-0.25, -0.2) is 0 Å². The maximum Gasteiger partial charge on any atom is 0.130 e. The van der Waals surface area contributed by atoms with E-state index in [2.05, 4.69) is 23.5 Å². The van der Waals surface area contributed by atoms with E-state index in [1.165, 1.54) is 5.56 Å². The maximum absolute atomic E-state index is 8.94. The number of hydrogen-bond acceptors (Lipinski definition) is 3. The summed E-state index contributed by atoms with van der Waals surface area (Å²) in [6.07, 6.45) is 0. The van der Waals surface area contributed by atoms with Gasteiger partial charge in [0.15, 0.2) is 0 Å². The van der Waals surface area contributed by atoms with Gasteiger partial charge < -0.3 is 4.74 Å². The molecule has 1 N–H and O–H groups in total. The van der Waals surface area contributed by atoms with Crippen molar-refractivity contribution in [1.29, 1.82) is 5.26 Å². The Kier molecular flexibility index (Phi) is 5.16. The van der Waals surface area contributed by atoms with Gasteiger partial charge in [0.05, 0.1) is 6.07 Å². The molecular formula is C17H18N2O. The molecule has 2 aromatic carbocycles. The Bertz CT molecular complexity index is 558. The highest BCUT2D eigenvalue weighted by molar-refractivity contribution is 5.63. The van der Waals surface area contributed by atoms with Crippen LogP contribution in [0.1, 0.15) is 6.92 Å². The molecule has 3 heteroatoms. The summed E-state index contributed by atoms with van der Waals surface area (Å²) in [5.41, 5.74) is 2.34. The Morgan fingerprint density at radius 3 is 2.30 bits per heavy atom. The second-order valence-corrected chi connectivity index (χ2v) is 4.44. The normalized spacial score (nSPS) is 11.6. The molecule has 0 amide bonds. The number of nitrogens with zero attached hydrogens (tertiary/aromatic N) is 1. The smallest absolute Gasteiger partial charge is 0.130 e. The van der Waals surface area contributed by atoms with Gasteiger partial charge in [-0.05, 0) is 29.8 Å². The van der Waals surface area contributed by atoms with Crippen LogP contribution in [-0.4, -0.2) is 19.2 Å². The van der Waals surface area contributed by atoms with Crippen molar-refractivity contribution in [3.8, 4) is 22.9 Å². The van der Waals surface area contributed by atoms with Crippen molar-refractivity contribution in [3.05, 3.63) is 54.6 Å². The summed E-state index contributed by atoms with van der Waals surface area (Å²) in [7, 11) is 0. The minimum atomic E-state index is -0.270. The minimum Gasteiger partial charge on any atom is -0.491 e. The highest BCUT2D eigenvalue weighted by Crippen LogP contribution is 2.22. The second-order valence-electron chi connectivity index (χ2n) is 4.44. The van der Waals surface area contributed by atoms with E-state index in [4.69, 9.17) is 10.00 Å². The summed E-state index contributed by atoms with van der Waals surface area (Å²) in [6, 6.07) is 20.0. The zero-order valence-corrected chi connectivity index (χ0v) is 11.5. The number of likely N-dealkylation sites (N-methyl/N-ethyl adjacent to an activating group) is 1. The molecule has 0 radical (unpaired) electrons. The number of benzene rings is 2. The molecule has 0 fully saturated rings. The lowest BCUT2D eigenvalue weighted by molar-refractivity contribution is 0.291. The van der Waals surface area contributed by atoms with E-state index >= 15 is 0 Å². The largest absolute Gasteiger partial charge is 0.491 e. The fourth-order valence-corrected chi connectivity index (χ4v) is 1.94. The van der Waals surface area contributed by atoms with E-state index < -0.39 is 0 Å². The third-order valence-electron chi connectivity index (χ3n) is 2.98. The van der Waals surface area contributed by atoms with Crippen LogP contribution < -0.4 is 10.1 Å². The Hall–Kier alpha value is -2.31. The first-order valence-corrected chi connectivity index (χ1v) is 6.74. The Morgan fingerprint density at radius 1 is 1.05 bits per heavy atom. The van der Waals surface area contributed by atoms with Crippen LogP contribution in [0.2, 0.25) is 0 Å². The molecule has 0 saturated carbocycles. The van der Waals surface area contributed by atoms with Crippen LogP contribution in [0.15, 0.2) is 54.6 Å². The molecule has 0 spiro atoms. The molecule has 20 heavy (non-hydrogen) atoms. The molecule has 0 aliphatic rings. The van der Waals surface area contributed by atoms with Gasteiger partial charge in [0, 0.05) is 0 Å². The molecule has 0 saturated heterocycles. The molecule has 102 valence electrons. The molecule has 0 heterocycles. The maximum atomic E-state index is 8.94. The third kappa shape index (κ3) is 3.84. The van der Waals surface area contributed by atoms with Crippen molar-refractivity contribution >= 4 is 0 Å². The monoisotopic (exact) mass is 266 g/mol. The molecule has 0 aliphatic carbocycles. The molecule has 0 aliphatic heterocycles. The predicted molar refractivity (Wildman–Crippen MR) is 80.5 cm³/mol. The molecule has 1 unspecified atom stereocenters. The second kappa shape index (κ2) is 7.32. The highest BCUT2D eigenvalue weighted by atomic mass is 16.5. The van der Waals surface area contributed by atoms with Gasteiger partial charge in [0.2, 0.25) is 0 Å². The topological polar surface area (TPSA) is 45.0 Å². The van der Waals surface area contributed by atoms with E-state index in [0.717, 1.165) is 17.9 Å². The number of nitrogens with one attached hydrogen (secondary N) is 1. The molecule has 2 rings (SSSR count). The van der Waals surface area contributed by atoms with E-state index in [9.17, 15) is 0 Å². The molecule has 0 bridgehead atoms. The van der Waals surface area contributed by atoms with Crippen LogP contribution >= 0.6 is 0 Å². The van der Waals surface area contributed by atoms with E-state index in [0.29, 0.717) is 6.61 Å². The number of ether oxygens (including phenoxy) is 1. The molecule has 0 aromatic heterocycles. The summed E-state index contributed by atoms with van der Waals surface area (Å²) >= 11 is 0. The van der Waals surface area contributed by atoms with Gasteiger partial charge in [0.1, 0.15) is 18.4 Å². The average molecular weight is 266 g/mol. The summed E-state index contributed by atoms with van der Waals surface area (Å²) < 4.78 is 5.62. The number of hydrogen-bond donors (Lipinski definition) is 1. The van der Waals surface area contributed by atoms with Gasteiger partial charge in [-0.2, -0.15) is 5.26 Å². The van der Waals surface area contributed by atoms with Crippen molar-refractivity contribution in [1.82, 2.24) is 5.32 Å². The average Bonchev–Trinajstić information content (AvgIpc) is 2.53. The van der Waals surface area contributed by atoms with Crippen LogP contribution in [0.25, 0.3) is 11.1 Å². The first-order chi connectivity index (χ1) is 9.83. The predicted octanol–water partition coefficient (Wildman–Crippen LogP) is 3.23. The lowest BCUT2D eigenvalue weighted by atomic mass is 10.1. The van der Waals surface area contributed by atoms with Crippen molar-refractivity contribution in [2.75, 3.05) is 13.2 Å². The van der Waals surface area contributed by atoms with Crippen LogP contribution in [0.3, 0.4) is 0 Å². The van der Waals surface area contributed by atoms with E-state index in [-0.39, 0.29) is 6.04 Å².